The Kier molecular flexibility index (Phi) is 5.29. The van der Waals surface area contributed by atoms with Crippen LogP contribution in [0.1, 0.15) is 42.1 Å². The van der Waals surface area contributed by atoms with Gasteiger partial charge < -0.3 is 16.2 Å². The Hall–Kier alpha value is -2.38. The number of hydrogen-bond acceptors (Lipinski definition) is 4. The number of aryl methyl sites for hydroxylation is 1. The lowest BCUT2D eigenvalue weighted by Gasteiger charge is -2.25. The summed E-state index contributed by atoms with van der Waals surface area (Å²) in [6.45, 7) is 1.94. The molecule has 2 atom stereocenters. The van der Waals surface area contributed by atoms with Gasteiger partial charge in [0, 0.05) is 16.3 Å². The van der Waals surface area contributed by atoms with Crippen LogP contribution >= 0.6 is 11.6 Å². The molecule has 1 aliphatic carbocycles. The first-order chi connectivity index (χ1) is 12.4. The zero-order valence-electron chi connectivity index (χ0n) is 14.4. The maximum Gasteiger partial charge on any atom is 0.249 e. The van der Waals surface area contributed by atoms with E-state index in [9.17, 15) is 14.7 Å². The fourth-order valence-electron chi connectivity index (χ4n) is 3.19. The molecule has 0 aliphatic heterocycles. The van der Waals surface area contributed by atoms with Crippen molar-refractivity contribution in [3.05, 3.63) is 46.2 Å². The Morgan fingerprint density at radius 3 is 2.96 bits per heavy atom. The summed E-state index contributed by atoms with van der Waals surface area (Å²) in [5.74, 6) is -1.33. The third kappa shape index (κ3) is 3.73. The van der Waals surface area contributed by atoms with E-state index in [0.29, 0.717) is 5.02 Å². The van der Waals surface area contributed by atoms with E-state index >= 15 is 0 Å². The van der Waals surface area contributed by atoms with Crippen molar-refractivity contribution in [3.63, 3.8) is 0 Å². The molecule has 1 aliphatic rings. The lowest BCUT2D eigenvalue weighted by atomic mass is 9.92. The van der Waals surface area contributed by atoms with Crippen molar-refractivity contribution in [3.8, 4) is 5.69 Å². The molecule has 2 amide bonds. The first-order valence-corrected chi connectivity index (χ1v) is 8.84. The number of halogens is 1. The van der Waals surface area contributed by atoms with Crippen molar-refractivity contribution in [2.45, 2.75) is 44.8 Å². The lowest BCUT2D eigenvalue weighted by Crippen LogP contribution is -2.40. The molecule has 0 fully saturated rings. The van der Waals surface area contributed by atoms with E-state index in [-0.39, 0.29) is 6.04 Å². The molecule has 1 heterocycles. The number of aliphatic hydroxyl groups is 1. The van der Waals surface area contributed by atoms with Crippen LogP contribution in [-0.2, 0) is 16.0 Å². The van der Waals surface area contributed by atoms with Gasteiger partial charge in [0.1, 0.15) is 6.10 Å². The van der Waals surface area contributed by atoms with Gasteiger partial charge in [-0.1, -0.05) is 17.7 Å². The number of carbonyl (C=O) groups excluding carboxylic acids is 2. The number of benzene rings is 1. The van der Waals surface area contributed by atoms with Crippen LogP contribution in [0.5, 0.6) is 0 Å². The van der Waals surface area contributed by atoms with Gasteiger partial charge in [-0.05, 0) is 43.9 Å². The van der Waals surface area contributed by atoms with Gasteiger partial charge in [0.05, 0.1) is 24.3 Å². The van der Waals surface area contributed by atoms with E-state index in [4.69, 9.17) is 17.3 Å². The normalized spacial score (nSPS) is 17.4. The van der Waals surface area contributed by atoms with Crippen molar-refractivity contribution in [2.24, 2.45) is 5.73 Å². The average molecular weight is 377 g/mol. The van der Waals surface area contributed by atoms with Gasteiger partial charge in [0.25, 0.3) is 0 Å². The van der Waals surface area contributed by atoms with Crippen molar-refractivity contribution in [1.29, 1.82) is 0 Å². The molecule has 0 spiro atoms. The SMILES string of the molecule is Cc1ccc(-n2ncc3c2CCCC3NC(=O)[C@H](O)CC(N)=O)cc1Cl. The number of amides is 2. The maximum absolute atomic E-state index is 12.1. The zero-order chi connectivity index (χ0) is 18.8. The summed E-state index contributed by atoms with van der Waals surface area (Å²) in [6.07, 6.45) is 2.33. The van der Waals surface area contributed by atoms with Gasteiger partial charge >= 0.3 is 0 Å². The molecule has 2 aromatic rings. The van der Waals surface area contributed by atoms with Gasteiger partial charge in [-0.25, -0.2) is 4.68 Å². The molecule has 0 saturated carbocycles. The summed E-state index contributed by atoms with van der Waals surface area (Å²) >= 11 is 6.22. The van der Waals surface area contributed by atoms with Gasteiger partial charge in [-0.2, -0.15) is 5.10 Å². The number of nitrogens with one attached hydrogen (secondary N) is 1. The van der Waals surface area contributed by atoms with Crippen LogP contribution in [0, 0.1) is 6.92 Å². The molecule has 0 bridgehead atoms. The molecule has 26 heavy (non-hydrogen) atoms. The van der Waals surface area contributed by atoms with Crippen molar-refractivity contribution >= 4 is 23.4 Å². The molecule has 8 heteroatoms. The third-order valence-corrected chi connectivity index (χ3v) is 5.00. The minimum Gasteiger partial charge on any atom is -0.383 e. The number of nitrogens with zero attached hydrogens (tertiary/aromatic N) is 2. The zero-order valence-corrected chi connectivity index (χ0v) is 15.2. The highest BCUT2D eigenvalue weighted by molar-refractivity contribution is 6.31. The standard InChI is InChI=1S/C18H21ClN4O3/c1-10-5-6-11(7-13(10)19)23-15-4-2-3-14(12(15)9-21-23)22-18(26)16(24)8-17(20)25/h5-7,9,14,16,24H,2-4,8H2,1H3,(H2,20,25)(H,22,26)/t14?,16-/m1/s1. The summed E-state index contributed by atoms with van der Waals surface area (Å²) in [6, 6.07) is 5.49. The summed E-state index contributed by atoms with van der Waals surface area (Å²) < 4.78 is 1.83. The van der Waals surface area contributed by atoms with Gasteiger partial charge in [-0.15, -0.1) is 0 Å². The van der Waals surface area contributed by atoms with Crippen LogP contribution in [0.4, 0.5) is 0 Å². The van der Waals surface area contributed by atoms with Crippen LogP contribution in [0.15, 0.2) is 24.4 Å². The molecule has 4 N–H and O–H groups in total. The molecule has 0 saturated heterocycles. The Morgan fingerprint density at radius 1 is 1.50 bits per heavy atom. The molecule has 7 nitrogen and oxygen atoms in total. The number of aromatic nitrogens is 2. The van der Waals surface area contributed by atoms with Crippen molar-refractivity contribution < 1.29 is 14.7 Å². The van der Waals surface area contributed by atoms with Crippen LogP contribution in [0.2, 0.25) is 5.02 Å². The number of carbonyl (C=O) groups is 2. The highest BCUT2D eigenvalue weighted by Crippen LogP contribution is 2.32. The molecule has 1 aromatic carbocycles. The predicted molar refractivity (Wildman–Crippen MR) is 97.0 cm³/mol. The van der Waals surface area contributed by atoms with E-state index in [1.165, 1.54) is 0 Å². The summed E-state index contributed by atoms with van der Waals surface area (Å²) in [7, 11) is 0. The third-order valence-electron chi connectivity index (χ3n) is 4.60. The summed E-state index contributed by atoms with van der Waals surface area (Å²) in [5.41, 5.74) is 8.80. The van der Waals surface area contributed by atoms with Gasteiger partial charge in [0.2, 0.25) is 11.8 Å². The Balaban J connectivity index is 1.83. The quantitative estimate of drug-likeness (QED) is 0.735. The van der Waals surface area contributed by atoms with E-state index in [1.54, 1.807) is 6.20 Å². The predicted octanol–water partition coefficient (Wildman–Crippen LogP) is 1.56. The van der Waals surface area contributed by atoms with E-state index < -0.39 is 24.3 Å². The number of nitrogens with two attached hydrogens (primary N) is 1. The van der Waals surface area contributed by atoms with Gasteiger partial charge in [-0.3, -0.25) is 9.59 Å². The second-order valence-electron chi connectivity index (χ2n) is 6.53. The monoisotopic (exact) mass is 376 g/mol. The number of primary amides is 1. The second kappa shape index (κ2) is 7.47. The number of aliphatic hydroxyl groups excluding tert-OH is 1. The van der Waals surface area contributed by atoms with E-state index in [1.807, 2.05) is 29.8 Å². The lowest BCUT2D eigenvalue weighted by molar-refractivity contribution is -0.134. The van der Waals surface area contributed by atoms with Crippen LogP contribution in [0.25, 0.3) is 5.69 Å². The number of hydrogen-bond donors (Lipinski definition) is 3. The van der Waals surface area contributed by atoms with Crippen molar-refractivity contribution in [1.82, 2.24) is 15.1 Å². The number of rotatable bonds is 5. The summed E-state index contributed by atoms with van der Waals surface area (Å²) in [5, 5.41) is 17.7. The minimum absolute atomic E-state index is 0.261. The summed E-state index contributed by atoms with van der Waals surface area (Å²) in [4.78, 5) is 23.0. The van der Waals surface area contributed by atoms with Crippen LogP contribution in [0.3, 0.4) is 0 Å². The molecular weight excluding hydrogens is 356 g/mol. The smallest absolute Gasteiger partial charge is 0.249 e. The molecular formula is C18H21ClN4O3. The Bertz CT molecular complexity index is 849. The van der Waals surface area contributed by atoms with Crippen LogP contribution < -0.4 is 11.1 Å². The van der Waals surface area contributed by atoms with E-state index in [2.05, 4.69) is 10.4 Å². The Morgan fingerprint density at radius 2 is 2.27 bits per heavy atom. The average Bonchev–Trinajstić information content (AvgIpc) is 3.02. The van der Waals surface area contributed by atoms with Crippen molar-refractivity contribution in [2.75, 3.05) is 0 Å². The van der Waals surface area contributed by atoms with Gasteiger partial charge in [0.15, 0.2) is 0 Å². The first-order valence-electron chi connectivity index (χ1n) is 8.47. The molecule has 1 unspecified atom stereocenters. The fourth-order valence-corrected chi connectivity index (χ4v) is 3.37. The molecule has 1 aromatic heterocycles. The maximum atomic E-state index is 12.1. The minimum atomic E-state index is -1.44. The highest BCUT2D eigenvalue weighted by Gasteiger charge is 2.28. The Labute approximate surface area is 156 Å². The molecule has 3 rings (SSSR count). The second-order valence-corrected chi connectivity index (χ2v) is 6.94. The largest absolute Gasteiger partial charge is 0.383 e. The molecule has 138 valence electrons. The highest BCUT2D eigenvalue weighted by atomic mass is 35.5. The van der Waals surface area contributed by atoms with E-state index in [0.717, 1.165) is 41.8 Å². The molecule has 0 radical (unpaired) electrons. The fraction of sp³-hybridized carbons (Fsp3) is 0.389. The topological polar surface area (TPSA) is 110 Å². The van der Waals surface area contributed by atoms with Crippen LogP contribution in [-0.4, -0.2) is 32.8 Å². The first kappa shape index (κ1) is 18.4. The number of fused-ring (bicyclic) bond motifs is 1.